The summed E-state index contributed by atoms with van der Waals surface area (Å²) in [4.78, 5) is 19.3. The van der Waals surface area contributed by atoms with E-state index in [2.05, 4.69) is 14.0 Å². The van der Waals surface area contributed by atoms with Gasteiger partial charge in [0.2, 0.25) is 6.79 Å². The van der Waals surface area contributed by atoms with Crippen LogP contribution < -0.4 is 0 Å². The second-order valence-electron chi connectivity index (χ2n) is 2.61. The average molecular weight is 212 g/mol. The average Bonchev–Trinajstić information content (AvgIpc) is 1.81. The fraction of sp³-hybridized carbons (Fsp3) is 0.833. The molecule has 0 bridgehead atoms. The highest BCUT2D eigenvalue weighted by Gasteiger charge is 2.12. The lowest BCUT2D eigenvalue weighted by Gasteiger charge is -2.09. The molecule has 0 amide bonds. The summed E-state index contributed by atoms with van der Waals surface area (Å²) >= 11 is 0. The van der Waals surface area contributed by atoms with E-state index in [4.69, 9.17) is 4.89 Å². The Morgan fingerprint density at radius 3 is 2.46 bits per heavy atom. The lowest BCUT2D eigenvalue weighted by Crippen LogP contribution is -2.14. The van der Waals surface area contributed by atoms with Crippen molar-refractivity contribution in [3.05, 3.63) is 0 Å². The lowest BCUT2D eigenvalue weighted by atomic mass is 10.5. The van der Waals surface area contributed by atoms with Gasteiger partial charge in [0.25, 0.3) is 0 Å². The standard InChI is InChI=1S/C6H13O6P/c1-5(2)12-6(7)10-4-11-13(3,8)9/h5H,4H2,1-3H3,(H,8,9). The second-order valence-corrected chi connectivity index (χ2v) is 4.48. The third-order valence-electron chi connectivity index (χ3n) is 0.801. The van der Waals surface area contributed by atoms with Crippen molar-refractivity contribution in [1.29, 1.82) is 0 Å². The van der Waals surface area contributed by atoms with Crippen LogP contribution in [-0.2, 0) is 18.6 Å². The number of ether oxygens (including phenoxy) is 2. The van der Waals surface area contributed by atoms with E-state index in [0.29, 0.717) is 0 Å². The van der Waals surface area contributed by atoms with Gasteiger partial charge < -0.3 is 14.4 Å². The van der Waals surface area contributed by atoms with Crippen molar-refractivity contribution in [2.45, 2.75) is 20.0 Å². The van der Waals surface area contributed by atoms with Crippen LogP contribution in [0.4, 0.5) is 4.79 Å². The topological polar surface area (TPSA) is 82.1 Å². The van der Waals surface area contributed by atoms with E-state index >= 15 is 0 Å². The first-order valence-electron chi connectivity index (χ1n) is 3.59. The van der Waals surface area contributed by atoms with Crippen LogP contribution in [0.5, 0.6) is 0 Å². The molecule has 0 heterocycles. The Bertz CT molecular complexity index is 207. The summed E-state index contributed by atoms with van der Waals surface area (Å²) in [5.74, 6) is 0. The number of hydrogen-bond donors (Lipinski definition) is 1. The molecule has 0 aliphatic carbocycles. The van der Waals surface area contributed by atoms with E-state index in [1.807, 2.05) is 0 Å². The van der Waals surface area contributed by atoms with E-state index in [1.165, 1.54) is 0 Å². The van der Waals surface area contributed by atoms with Gasteiger partial charge in [0.05, 0.1) is 6.10 Å². The Morgan fingerprint density at radius 2 is 2.08 bits per heavy atom. The highest BCUT2D eigenvalue weighted by Crippen LogP contribution is 2.36. The van der Waals surface area contributed by atoms with Crippen molar-refractivity contribution in [2.75, 3.05) is 13.5 Å². The summed E-state index contributed by atoms with van der Waals surface area (Å²) in [6.07, 6.45) is -1.22. The van der Waals surface area contributed by atoms with Gasteiger partial charge in [0.1, 0.15) is 0 Å². The van der Waals surface area contributed by atoms with Crippen molar-refractivity contribution in [2.24, 2.45) is 0 Å². The van der Waals surface area contributed by atoms with Crippen LogP contribution in [0.2, 0.25) is 0 Å². The minimum absolute atomic E-state index is 0.296. The highest BCUT2D eigenvalue weighted by atomic mass is 31.2. The van der Waals surface area contributed by atoms with Gasteiger partial charge in [-0.15, -0.1) is 0 Å². The smallest absolute Gasteiger partial charge is 0.432 e. The third-order valence-corrected chi connectivity index (χ3v) is 1.39. The Hall–Kier alpha value is -0.580. The van der Waals surface area contributed by atoms with Crippen LogP contribution in [0, 0.1) is 0 Å². The maximum absolute atomic E-state index is 10.6. The van der Waals surface area contributed by atoms with Gasteiger partial charge in [-0.05, 0) is 13.8 Å². The van der Waals surface area contributed by atoms with Gasteiger partial charge in [-0.25, -0.2) is 4.79 Å². The van der Waals surface area contributed by atoms with Gasteiger partial charge in [-0.2, -0.15) is 0 Å². The van der Waals surface area contributed by atoms with E-state index in [9.17, 15) is 9.36 Å². The molecule has 6 nitrogen and oxygen atoms in total. The zero-order valence-electron chi connectivity index (χ0n) is 7.72. The van der Waals surface area contributed by atoms with Crippen LogP contribution in [0.15, 0.2) is 0 Å². The molecule has 1 unspecified atom stereocenters. The van der Waals surface area contributed by atoms with Crippen molar-refractivity contribution in [3.8, 4) is 0 Å². The molecule has 0 saturated heterocycles. The van der Waals surface area contributed by atoms with E-state index in [1.54, 1.807) is 13.8 Å². The zero-order valence-corrected chi connectivity index (χ0v) is 8.61. The molecule has 78 valence electrons. The first kappa shape index (κ1) is 12.4. The summed E-state index contributed by atoms with van der Waals surface area (Å²) in [5.41, 5.74) is 0. The molecule has 0 saturated carbocycles. The largest absolute Gasteiger partial charge is 0.510 e. The fourth-order valence-electron chi connectivity index (χ4n) is 0.399. The second kappa shape index (κ2) is 5.21. The molecule has 7 heteroatoms. The fourth-order valence-corrected chi connectivity index (χ4v) is 0.647. The highest BCUT2D eigenvalue weighted by molar-refractivity contribution is 7.51. The number of carbonyl (C=O) groups is 1. The number of hydrogen-bond acceptors (Lipinski definition) is 5. The van der Waals surface area contributed by atoms with Crippen molar-refractivity contribution in [3.63, 3.8) is 0 Å². The van der Waals surface area contributed by atoms with E-state index in [-0.39, 0.29) is 6.10 Å². The summed E-state index contributed by atoms with van der Waals surface area (Å²) in [5, 5.41) is 0. The molecule has 0 aromatic rings. The molecule has 0 aromatic heterocycles. The van der Waals surface area contributed by atoms with E-state index in [0.717, 1.165) is 6.66 Å². The maximum atomic E-state index is 10.6. The molecule has 1 atom stereocenters. The van der Waals surface area contributed by atoms with Gasteiger partial charge in [-0.3, -0.25) is 9.09 Å². The Kier molecular flexibility index (Phi) is 4.98. The first-order chi connectivity index (χ1) is 5.81. The van der Waals surface area contributed by atoms with Crippen LogP contribution in [0.25, 0.3) is 0 Å². The molecule has 0 aromatic carbocycles. The predicted octanol–water partition coefficient (Wildman–Crippen LogP) is 1.34. The van der Waals surface area contributed by atoms with Crippen LogP contribution in [-0.4, -0.2) is 30.6 Å². The van der Waals surface area contributed by atoms with Crippen LogP contribution in [0.3, 0.4) is 0 Å². The zero-order chi connectivity index (χ0) is 10.5. The minimum atomic E-state index is -3.59. The summed E-state index contributed by atoms with van der Waals surface area (Å²) in [7, 11) is -3.59. The van der Waals surface area contributed by atoms with Crippen LogP contribution in [0.1, 0.15) is 13.8 Å². The Balaban J connectivity index is 3.55. The number of carbonyl (C=O) groups excluding carboxylic acids is 1. The summed E-state index contributed by atoms with van der Waals surface area (Å²) < 4.78 is 23.7. The van der Waals surface area contributed by atoms with Crippen LogP contribution >= 0.6 is 7.60 Å². The molecule has 0 spiro atoms. The maximum Gasteiger partial charge on any atom is 0.510 e. The van der Waals surface area contributed by atoms with E-state index < -0.39 is 20.5 Å². The Morgan fingerprint density at radius 1 is 1.54 bits per heavy atom. The molecule has 13 heavy (non-hydrogen) atoms. The van der Waals surface area contributed by atoms with Crippen molar-refractivity contribution >= 4 is 13.8 Å². The molecule has 1 N–H and O–H groups in total. The molecule has 0 radical (unpaired) electrons. The van der Waals surface area contributed by atoms with Gasteiger partial charge in [-0.1, -0.05) is 0 Å². The SMILES string of the molecule is CC(C)OC(=O)OCOP(C)(=O)O. The minimum Gasteiger partial charge on any atom is -0.432 e. The summed E-state index contributed by atoms with van der Waals surface area (Å²) in [6.45, 7) is 3.71. The lowest BCUT2D eigenvalue weighted by molar-refractivity contribution is -0.0103. The first-order valence-corrected chi connectivity index (χ1v) is 5.62. The van der Waals surface area contributed by atoms with Gasteiger partial charge in [0.15, 0.2) is 0 Å². The van der Waals surface area contributed by atoms with Gasteiger partial charge in [0, 0.05) is 6.66 Å². The van der Waals surface area contributed by atoms with Gasteiger partial charge >= 0.3 is 13.8 Å². The molecule has 0 aliphatic heterocycles. The predicted molar refractivity (Wildman–Crippen MR) is 44.4 cm³/mol. The normalized spacial score (nSPS) is 15.2. The molecule has 0 rings (SSSR count). The monoisotopic (exact) mass is 212 g/mol. The molecule has 0 fully saturated rings. The summed E-state index contributed by atoms with van der Waals surface area (Å²) in [6, 6.07) is 0. The third kappa shape index (κ3) is 9.33. The molecular formula is C6H13O6P. The van der Waals surface area contributed by atoms with Crippen molar-refractivity contribution < 1.29 is 28.3 Å². The quantitative estimate of drug-likeness (QED) is 0.430. The number of rotatable bonds is 4. The molecular weight excluding hydrogens is 199 g/mol. The molecule has 0 aliphatic rings. The Labute approximate surface area is 76.3 Å². The van der Waals surface area contributed by atoms with Crippen molar-refractivity contribution in [1.82, 2.24) is 0 Å².